The zero-order valence-electron chi connectivity index (χ0n) is 12.5. The first-order valence-corrected chi connectivity index (χ1v) is 7.67. The molecule has 0 fully saturated rings. The standard InChI is InChI=1S/C18H16N2O3/c21-17-15-7-3-6-13-12-4-1-2-5-14(12)18(22)20(16(13)15)9-11-23-10-8-19-17/h1-7H,8-11H2,(H,19,21). The zero-order chi connectivity index (χ0) is 15.8. The maximum atomic E-state index is 12.9. The average Bonchev–Trinajstić information content (AvgIpc) is 2.59. The second kappa shape index (κ2) is 5.52. The maximum absolute atomic E-state index is 12.9. The van der Waals surface area contributed by atoms with Gasteiger partial charge in [-0.15, -0.1) is 0 Å². The van der Waals surface area contributed by atoms with Gasteiger partial charge in [0.25, 0.3) is 11.5 Å². The molecule has 2 aromatic carbocycles. The van der Waals surface area contributed by atoms with Crippen LogP contribution in [0.1, 0.15) is 10.4 Å². The molecule has 0 saturated carbocycles. The molecule has 4 rings (SSSR count). The van der Waals surface area contributed by atoms with Crippen molar-refractivity contribution in [3.05, 3.63) is 58.4 Å². The van der Waals surface area contributed by atoms with E-state index in [4.69, 9.17) is 4.74 Å². The second-order valence-corrected chi connectivity index (χ2v) is 5.57. The molecule has 0 aliphatic carbocycles. The molecule has 1 aromatic heterocycles. The van der Waals surface area contributed by atoms with E-state index in [1.165, 1.54) is 0 Å². The third-order valence-electron chi connectivity index (χ3n) is 4.23. The quantitative estimate of drug-likeness (QED) is 0.645. The number of benzene rings is 2. The van der Waals surface area contributed by atoms with Gasteiger partial charge in [-0.2, -0.15) is 0 Å². The summed E-state index contributed by atoms with van der Waals surface area (Å²) in [6.07, 6.45) is 0. The van der Waals surface area contributed by atoms with E-state index < -0.39 is 0 Å². The van der Waals surface area contributed by atoms with Crippen LogP contribution in [0.15, 0.2) is 47.3 Å². The first-order valence-electron chi connectivity index (χ1n) is 7.67. The van der Waals surface area contributed by atoms with Crippen molar-refractivity contribution in [1.29, 1.82) is 0 Å². The fourth-order valence-electron chi connectivity index (χ4n) is 3.19. The Labute approximate surface area is 132 Å². The van der Waals surface area contributed by atoms with Crippen molar-refractivity contribution >= 4 is 27.6 Å². The topological polar surface area (TPSA) is 60.3 Å². The van der Waals surface area contributed by atoms with E-state index >= 15 is 0 Å². The Morgan fingerprint density at radius 1 is 0.913 bits per heavy atom. The number of hydrogen-bond donors (Lipinski definition) is 1. The first kappa shape index (κ1) is 14.0. The monoisotopic (exact) mass is 308 g/mol. The van der Waals surface area contributed by atoms with Gasteiger partial charge in [0.05, 0.1) is 24.3 Å². The van der Waals surface area contributed by atoms with E-state index in [1.807, 2.05) is 36.4 Å². The van der Waals surface area contributed by atoms with Crippen LogP contribution in [0, 0.1) is 0 Å². The lowest BCUT2D eigenvalue weighted by Gasteiger charge is -2.18. The van der Waals surface area contributed by atoms with E-state index in [9.17, 15) is 9.59 Å². The van der Waals surface area contributed by atoms with E-state index in [2.05, 4.69) is 5.32 Å². The maximum Gasteiger partial charge on any atom is 0.259 e. The fraction of sp³-hybridized carbons (Fsp3) is 0.222. The molecule has 1 N–H and O–H groups in total. The van der Waals surface area contributed by atoms with Crippen molar-refractivity contribution in [1.82, 2.24) is 9.88 Å². The van der Waals surface area contributed by atoms with Crippen LogP contribution in [0.25, 0.3) is 21.7 Å². The fourth-order valence-corrected chi connectivity index (χ4v) is 3.19. The summed E-state index contributed by atoms with van der Waals surface area (Å²) in [6.45, 7) is 1.79. The first-order chi connectivity index (χ1) is 11.3. The number of hydrogen-bond acceptors (Lipinski definition) is 3. The van der Waals surface area contributed by atoms with Crippen LogP contribution in [0.3, 0.4) is 0 Å². The van der Waals surface area contributed by atoms with Crippen molar-refractivity contribution < 1.29 is 9.53 Å². The molecule has 0 radical (unpaired) electrons. The number of amides is 1. The molecule has 1 amide bonds. The normalized spacial score (nSPS) is 15.6. The van der Waals surface area contributed by atoms with E-state index in [0.29, 0.717) is 42.8 Å². The van der Waals surface area contributed by atoms with Crippen molar-refractivity contribution in [2.24, 2.45) is 0 Å². The molecule has 23 heavy (non-hydrogen) atoms. The average molecular weight is 308 g/mol. The van der Waals surface area contributed by atoms with Gasteiger partial charge in [-0.3, -0.25) is 9.59 Å². The van der Waals surface area contributed by atoms with Gasteiger partial charge < -0.3 is 14.6 Å². The van der Waals surface area contributed by atoms with E-state index in [1.54, 1.807) is 10.6 Å². The molecule has 5 heteroatoms. The number of nitrogens with zero attached hydrogens (tertiary/aromatic N) is 1. The summed E-state index contributed by atoms with van der Waals surface area (Å²) in [7, 11) is 0. The van der Waals surface area contributed by atoms with Crippen LogP contribution in [-0.2, 0) is 11.3 Å². The summed E-state index contributed by atoms with van der Waals surface area (Å²) in [5, 5.41) is 5.29. The Morgan fingerprint density at radius 2 is 1.70 bits per heavy atom. The van der Waals surface area contributed by atoms with Gasteiger partial charge in [0.15, 0.2) is 0 Å². The minimum Gasteiger partial charge on any atom is -0.378 e. The van der Waals surface area contributed by atoms with Crippen LogP contribution in [-0.4, -0.2) is 30.2 Å². The number of fused-ring (bicyclic) bond motifs is 2. The number of aromatic nitrogens is 1. The molecule has 5 nitrogen and oxygen atoms in total. The minimum absolute atomic E-state index is 0.0856. The van der Waals surface area contributed by atoms with Gasteiger partial charge in [0, 0.05) is 23.9 Å². The third kappa shape index (κ3) is 2.21. The van der Waals surface area contributed by atoms with Crippen molar-refractivity contribution in [2.75, 3.05) is 19.8 Å². The number of rotatable bonds is 0. The summed E-state index contributed by atoms with van der Waals surface area (Å²) in [5.74, 6) is -0.176. The lowest BCUT2D eigenvalue weighted by molar-refractivity contribution is 0.0902. The molecular formula is C18H16N2O3. The predicted molar refractivity (Wildman–Crippen MR) is 88.9 cm³/mol. The SMILES string of the molecule is O=C1NCCOCCn2c(=O)c3ccccc3c3cccc1c32. The summed E-state index contributed by atoms with van der Waals surface area (Å²) in [5.41, 5.74) is 1.13. The van der Waals surface area contributed by atoms with Gasteiger partial charge in [0.2, 0.25) is 0 Å². The molecule has 0 unspecified atom stereocenters. The second-order valence-electron chi connectivity index (χ2n) is 5.57. The summed E-state index contributed by atoms with van der Waals surface area (Å²) < 4.78 is 7.16. The summed E-state index contributed by atoms with van der Waals surface area (Å²) in [4.78, 5) is 25.4. The molecule has 3 aromatic rings. The Bertz CT molecular complexity index is 975. The highest BCUT2D eigenvalue weighted by Gasteiger charge is 2.18. The van der Waals surface area contributed by atoms with Crippen LogP contribution >= 0.6 is 0 Å². The van der Waals surface area contributed by atoms with Gasteiger partial charge in [-0.25, -0.2) is 0 Å². The molecule has 1 aliphatic rings. The molecule has 116 valence electrons. The lowest BCUT2D eigenvalue weighted by atomic mass is 10.0. The highest BCUT2D eigenvalue weighted by molar-refractivity contribution is 6.13. The van der Waals surface area contributed by atoms with Gasteiger partial charge in [-0.1, -0.05) is 30.3 Å². The number of nitrogens with one attached hydrogen (secondary N) is 1. The molecule has 0 bridgehead atoms. The van der Waals surface area contributed by atoms with Crippen LogP contribution in [0.4, 0.5) is 0 Å². The molecule has 0 atom stereocenters. The van der Waals surface area contributed by atoms with Gasteiger partial charge in [-0.05, 0) is 17.5 Å². The highest BCUT2D eigenvalue weighted by Crippen LogP contribution is 2.25. The smallest absolute Gasteiger partial charge is 0.259 e. The Hall–Kier alpha value is -2.66. The number of carbonyl (C=O) groups excluding carboxylic acids is 1. The Kier molecular flexibility index (Phi) is 3.35. The third-order valence-corrected chi connectivity index (χ3v) is 4.23. The van der Waals surface area contributed by atoms with Crippen molar-refractivity contribution in [2.45, 2.75) is 6.54 Å². The molecule has 0 saturated heterocycles. The lowest BCUT2D eigenvalue weighted by Crippen LogP contribution is -2.32. The van der Waals surface area contributed by atoms with Gasteiger partial charge in [0.1, 0.15) is 0 Å². The summed E-state index contributed by atoms with van der Waals surface area (Å²) in [6, 6.07) is 13.1. The Balaban J connectivity index is 2.18. The number of para-hydroxylation sites is 1. The number of pyridine rings is 1. The van der Waals surface area contributed by atoms with E-state index in [-0.39, 0.29) is 11.5 Å². The van der Waals surface area contributed by atoms with Crippen molar-refractivity contribution in [3.8, 4) is 0 Å². The predicted octanol–water partition coefficient (Wildman–Crippen LogP) is 1.91. The largest absolute Gasteiger partial charge is 0.378 e. The number of ether oxygens (including phenoxy) is 1. The Morgan fingerprint density at radius 3 is 2.57 bits per heavy atom. The molecule has 0 spiro atoms. The van der Waals surface area contributed by atoms with E-state index in [0.717, 1.165) is 10.8 Å². The van der Waals surface area contributed by atoms with Crippen LogP contribution in [0.5, 0.6) is 0 Å². The molecular weight excluding hydrogens is 292 g/mol. The zero-order valence-corrected chi connectivity index (χ0v) is 12.5. The highest BCUT2D eigenvalue weighted by atomic mass is 16.5. The van der Waals surface area contributed by atoms with Gasteiger partial charge >= 0.3 is 0 Å². The summed E-state index contributed by atoms with van der Waals surface area (Å²) >= 11 is 0. The molecule has 2 heterocycles. The van der Waals surface area contributed by atoms with Crippen molar-refractivity contribution in [3.63, 3.8) is 0 Å². The number of carbonyl (C=O) groups is 1. The minimum atomic E-state index is -0.176. The molecule has 1 aliphatic heterocycles. The van der Waals surface area contributed by atoms with Crippen LogP contribution < -0.4 is 10.9 Å². The van der Waals surface area contributed by atoms with Crippen LogP contribution in [0.2, 0.25) is 0 Å².